The summed E-state index contributed by atoms with van der Waals surface area (Å²) in [6.07, 6.45) is 1.98. The van der Waals surface area contributed by atoms with Crippen molar-refractivity contribution >= 4 is 27.7 Å². The molecule has 4 nitrogen and oxygen atoms in total. The normalized spacial score (nSPS) is 15.6. The van der Waals surface area contributed by atoms with Gasteiger partial charge in [0, 0.05) is 10.4 Å². The number of aliphatic hydroxyl groups excluding tert-OH is 1. The molecule has 0 aliphatic heterocycles. The van der Waals surface area contributed by atoms with Gasteiger partial charge in [0.15, 0.2) is 0 Å². The third kappa shape index (κ3) is 5.32. The van der Waals surface area contributed by atoms with E-state index in [4.69, 9.17) is 11.6 Å². The minimum atomic E-state index is -3.60. The minimum Gasteiger partial charge on any atom is -0.394 e. The number of hydrogen-bond donors (Lipinski definition) is 2. The largest absolute Gasteiger partial charge is 0.394 e. The van der Waals surface area contributed by atoms with E-state index in [-0.39, 0.29) is 6.61 Å². The van der Waals surface area contributed by atoms with Crippen LogP contribution in [0.5, 0.6) is 0 Å². The molecule has 106 valence electrons. The number of hydrogen-bond acceptors (Lipinski definition) is 3. The Labute approximate surface area is 119 Å². The van der Waals surface area contributed by atoms with Crippen molar-refractivity contribution in [3.63, 3.8) is 0 Å². The summed E-state index contributed by atoms with van der Waals surface area (Å²) in [5, 5.41) is 10.9. The summed E-state index contributed by atoms with van der Waals surface area (Å²) in [6.45, 7) is 3.21. The van der Waals surface area contributed by atoms with E-state index in [1.54, 1.807) is 31.2 Å². The van der Waals surface area contributed by atoms with Gasteiger partial charge >= 0.3 is 0 Å². The van der Waals surface area contributed by atoms with Gasteiger partial charge in [-0.3, -0.25) is 0 Å². The standard InChI is InChI=1S/C13H18ClNO3S/c1-3-13(2,10-16)15-19(17,18)9-8-11-4-6-12(14)7-5-11/h4-9,15-16H,3,10H2,1-2H3. The molecule has 1 aromatic rings. The lowest BCUT2D eigenvalue weighted by Gasteiger charge is -2.25. The van der Waals surface area contributed by atoms with E-state index in [1.807, 2.05) is 6.92 Å². The van der Waals surface area contributed by atoms with Crippen LogP contribution in [0.2, 0.25) is 5.02 Å². The molecule has 0 saturated heterocycles. The summed E-state index contributed by atoms with van der Waals surface area (Å²) in [5.74, 6) is 0. The third-order valence-corrected chi connectivity index (χ3v) is 4.35. The molecule has 0 radical (unpaired) electrons. The van der Waals surface area contributed by atoms with Gasteiger partial charge in [-0.2, -0.15) is 0 Å². The van der Waals surface area contributed by atoms with Crippen LogP contribution < -0.4 is 4.72 Å². The van der Waals surface area contributed by atoms with Gasteiger partial charge in [-0.25, -0.2) is 13.1 Å². The zero-order valence-electron chi connectivity index (χ0n) is 10.9. The van der Waals surface area contributed by atoms with E-state index in [1.165, 1.54) is 6.08 Å². The molecular formula is C13H18ClNO3S. The molecule has 0 fully saturated rings. The minimum absolute atomic E-state index is 0.252. The number of halogens is 1. The Morgan fingerprint density at radius 2 is 1.95 bits per heavy atom. The molecule has 6 heteroatoms. The van der Waals surface area contributed by atoms with E-state index in [0.717, 1.165) is 11.0 Å². The molecular weight excluding hydrogens is 286 g/mol. The van der Waals surface area contributed by atoms with Gasteiger partial charge < -0.3 is 5.11 Å². The Hall–Kier alpha value is -0.880. The van der Waals surface area contributed by atoms with Crippen molar-refractivity contribution in [1.29, 1.82) is 0 Å². The SMILES string of the molecule is CCC(C)(CO)NS(=O)(=O)C=Cc1ccc(Cl)cc1. The monoisotopic (exact) mass is 303 g/mol. The predicted octanol–water partition coefficient (Wildman–Crippen LogP) is 2.39. The number of nitrogens with one attached hydrogen (secondary N) is 1. The van der Waals surface area contributed by atoms with Crippen LogP contribution in [0.3, 0.4) is 0 Å². The molecule has 0 saturated carbocycles. The van der Waals surface area contributed by atoms with Gasteiger partial charge in [0.25, 0.3) is 0 Å². The Morgan fingerprint density at radius 1 is 1.37 bits per heavy atom. The average Bonchev–Trinajstić information content (AvgIpc) is 2.37. The van der Waals surface area contributed by atoms with Crippen LogP contribution in [0, 0.1) is 0 Å². The molecule has 1 unspecified atom stereocenters. The lowest BCUT2D eigenvalue weighted by atomic mass is 10.0. The molecule has 1 aromatic carbocycles. The first-order valence-corrected chi connectivity index (χ1v) is 7.81. The molecule has 1 rings (SSSR count). The van der Waals surface area contributed by atoms with Gasteiger partial charge in [0.2, 0.25) is 10.0 Å². The van der Waals surface area contributed by atoms with Gasteiger partial charge in [-0.15, -0.1) is 0 Å². The van der Waals surface area contributed by atoms with Crippen LogP contribution in [0.25, 0.3) is 6.08 Å². The zero-order valence-corrected chi connectivity index (χ0v) is 12.5. The summed E-state index contributed by atoms with van der Waals surface area (Å²) in [6, 6.07) is 6.81. The van der Waals surface area contributed by atoms with E-state index in [2.05, 4.69) is 4.72 Å². The summed E-state index contributed by atoms with van der Waals surface area (Å²) < 4.78 is 26.2. The lowest BCUT2D eigenvalue weighted by molar-refractivity contribution is 0.191. The van der Waals surface area contributed by atoms with Gasteiger partial charge in [-0.1, -0.05) is 30.7 Å². The molecule has 19 heavy (non-hydrogen) atoms. The number of aliphatic hydroxyl groups is 1. The zero-order chi connectivity index (χ0) is 14.5. The Kier molecular flexibility index (Phi) is 5.55. The lowest BCUT2D eigenvalue weighted by Crippen LogP contribution is -2.47. The van der Waals surface area contributed by atoms with E-state index in [9.17, 15) is 13.5 Å². The molecule has 0 amide bonds. The average molecular weight is 304 g/mol. The van der Waals surface area contributed by atoms with Crippen molar-refractivity contribution in [2.45, 2.75) is 25.8 Å². The van der Waals surface area contributed by atoms with Gasteiger partial charge in [0.1, 0.15) is 0 Å². The van der Waals surface area contributed by atoms with Crippen LogP contribution in [-0.2, 0) is 10.0 Å². The first kappa shape index (κ1) is 16.2. The first-order chi connectivity index (χ1) is 8.80. The van der Waals surface area contributed by atoms with E-state index in [0.29, 0.717) is 11.4 Å². The van der Waals surface area contributed by atoms with E-state index >= 15 is 0 Å². The molecule has 0 aromatic heterocycles. The smallest absolute Gasteiger partial charge is 0.234 e. The number of sulfonamides is 1. The summed E-state index contributed by atoms with van der Waals surface area (Å²) in [4.78, 5) is 0. The maximum absolute atomic E-state index is 11.9. The molecule has 0 aliphatic carbocycles. The Morgan fingerprint density at radius 3 is 2.42 bits per heavy atom. The molecule has 0 aliphatic rings. The number of benzene rings is 1. The maximum Gasteiger partial charge on any atom is 0.234 e. The fourth-order valence-electron chi connectivity index (χ4n) is 1.34. The summed E-state index contributed by atoms with van der Waals surface area (Å²) >= 11 is 5.74. The van der Waals surface area contributed by atoms with Crippen molar-refractivity contribution in [2.24, 2.45) is 0 Å². The van der Waals surface area contributed by atoms with Gasteiger partial charge in [0.05, 0.1) is 12.1 Å². The van der Waals surface area contributed by atoms with Crippen molar-refractivity contribution < 1.29 is 13.5 Å². The van der Waals surface area contributed by atoms with Crippen LogP contribution >= 0.6 is 11.6 Å². The van der Waals surface area contributed by atoms with Crippen LogP contribution in [0.15, 0.2) is 29.7 Å². The molecule has 0 heterocycles. The van der Waals surface area contributed by atoms with Crippen LogP contribution in [0.1, 0.15) is 25.8 Å². The van der Waals surface area contributed by atoms with Crippen LogP contribution in [-0.4, -0.2) is 25.7 Å². The first-order valence-electron chi connectivity index (χ1n) is 5.89. The highest BCUT2D eigenvalue weighted by molar-refractivity contribution is 7.92. The second kappa shape index (κ2) is 6.52. The predicted molar refractivity (Wildman–Crippen MR) is 78.3 cm³/mol. The van der Waals surface area contributed by atoms with Crippen molar-refractivity contribution in [3.05, 3.63) is 40.3 Å². The van der Waals surface area contributed by atoms with Crippen LogP contribution in [0.4, 0.5) is 0 Å². The number of rotatable bonds is 6. The van der Waals surface area contributed by atoms with Crippen molar-refractivity contribution in [2.75, 3.05) is 6.61 Å². The van der Waals surface area contributed by atoms with E-state index < -0.39 is 15.6 Å². The van der Waals surface area contributed by atoms with Crippen molar-refractivity contribution in [1.82, 2.24) is 4.72 Å². The van der Waals surface area contributed by atoms with Gasteiger partial charge in [-0.05, 0) is 37.1 Å². The highest BCUT2D eigenvalue weighted by atomic mass is 35.5. The maximum atomic E-state index is 11.9. The highest BCUT2D eigenvalue weighted by Gasteiger charge is 2.25. The topological polar surface area (TPSA) is 66.4 Å². The second-order valence-electron chi connectivity index (χ2n) is 4.57. The van der Waals surface area contributed by atoms with Crippen molar-refractivity contribution in [3.8, 4) is 0 Å². The summed E-state index contributed by atoms with van der Waals surface area (Å²) in [7, 11) is -3.60. The molecule has 0 spiro atoms. The summed E-state index contributed by atoms with van der Waals surface area (Å²) in [5.41, 5.74) is -0.111. The second-order valence-corrected chi connectivity index (χ2v) is 6.58. The Balaban J connectivity index is 2.82. The quantitative estimate of drug-likeness (QED) is 0.848. The molecule has 1 atom stereocenters. The third-order valence-electron chi connectivity index (χ3n) is 2.83. The Bertz CT molecular complexity index is 534. The fourth-order valence-corrected chi connectivity index (χ4v) is 2.76. The molecule has 0 bridgehead atoms. The molecule has 2 N–H and O–H groups in total. The highest BCUT2D eigenvalue weighted by Crippen LogP contribution is 2.13. The fraction of sp³-hybridized carbons (Fsp3) is 0.385.